The largest absolute Gasteiger partial charge is 0.483 e. The summed E-state index contributed by atoms with van der Waals surface area (Å²) in [5.41, 5.74) is 5.58. The molecular formula is C20H26N4O5. The second kappa shape index (κ2) is 8.50. The first-order valence-electron chi connectivity index (χ1n) is 9.73. The van der Waals surface area contributed by atoms with Gasteiger partial charge in [-0.15, -0.1) is 0 Å². The fraction of sp³-hybridized carbons (Fsp3) is 0.500. The third-order valence-corrected chi connectivity index (χ3v) is 5.36. The van der Waals surface area contributed by atoms with Gasteiger partial charge in [0.05, 0.1) is 0 Å². The van der Waals surface area contributed by atoms with Crippen molar-refractivity contribution in [2.45, 2.75) is 51.5 Å². The Morgan fingerprint density at radius 1 is 1.10 bits per heavy atom. The maximum atomic E-state index is 12.5. The predicted octanol–water partition coefficient (Wildman–Crippen LogP) is 1.08. The zero-order chi connectivity index (χ0) is 21.0. The lowest BCUT2D eigenvalue weighted by molar-refractivity contribution is -0.132. The first-order chi connectivity index (χ1) is 13.8. The van der Waals surface area contributed by atoms with Gasteiger partial charge in [-0.1, -0.05) is 31.0 Å². The first kappa shape index (κ1) is 20.6. The number of amides is 5. The SMILES string of the molecule is Cc1cccc(C)c1OCC(=O)NNC(=O)CCN1C(=O)NC2(CCCC2)C1=O. The number of carbonyl (C=O) groups excluding carboxylic acids is 4. The summed E-state index contributed by atoms with van der Waals surface area (Å²) in [6.45, 7) is 3.48. The van der Waals surface area contributed by atoms with Crippen LogP contribution in [0.5, 0.6) is 5.75 Å². The molecule has 9 heteroatoms. The molecule has 0 bridgehead atoms. The van der Waals surface area contributed by atoms with Gasteiger partial charge in [0.15, 0.2) is 6.61 Å². The highest BCUT2D eigenvalue weighted by atomic mass is 16.5. The molecule has 1 saturated carbocycles. The number of nitrogens with one attached hydrogen (secondary N) is 3. The van der Waals surface area contributed by atoms with Crippen molar-refractivity contribution in [3.8, 4) is 5.75 Å². The quantitative estimate of drug-likeness (QED) is 0.486. The molecule has 1 spiro atoms. The van der Waals surface area contributed by atoms with Crippen LogP contribution in [0.3, 0.4) is 0 Å². The van der Waals surface area contributed by atoms with Gasteiger partial charge in [0.2, 0.25) is 5.91 Å². The summed E-state index contributed by atoms with van der Waals surface area (Å²) >= 11 is 0. The highest BCUT2D eigenvalue weighted by molar-refractivity contribution is 6.07. The number of hydrazine groups is 1. The molecule has 2 aliphatic rings. The number of benzene rings is 1. The fourth-order valence-electron chi connectivity index (χ4n) is 3.81. The maximum absolute atomic E-state index is 12.5. The third kappa shape index (κ3) is 4.49. The van der Waals surface area contributed by atoms with Crippen LogP contribution in [0.25, 0.3) is 0 Å². The number of imide groups is 1. The number of hydrogen-bond acceptors (Lipinski definition) is 5. The first-order valence-corrected chi connectivity index (χ1v) is 9.73. The minimum atomic E-state index is -0.785. The maximum Gasteiger partial charge on any atom is 0.325 e. The summed E-state index contributed by atoms with van der Waals surface area (Å²) < 4.78 is 5.52. The van der Waals surface area contributed by atoms with E-state index in [4.69, 9.17) is 4.74 Å². The number of hydrogen-bond donors (Lipinski definition) is 3. The fourth-order valence-corrected chi connectivity index (χ4v) is 3.81. The van der Waals surface area contributed by atoms with E-state index in [1.54, 1.807) is 0 Å². The Balaban J connectivity index is 1.40. The van der Waals surface area contributed by atoms with Gasteiger partial charge >= 0.3 is 6.03 Å². The van der Waals surface area contributed by atoms with Crippen molar-refractivity contribution in [3.05, 3.63) is 29.3 Å². The molecule has 29 heavy (non-hydrogen) atoms. The van der Waals surface area contributed by atoms with Crippen LogP contribution in [-0.2, 0) is 14.4 Å². The molecular weight excluding hydrogens is 376 g/mol. The molecule has 9 nitrogen and oxygen atoms in total. The van der Waals surface area contributed by atoms with Crippen molar-refractivity contribution in [1.82, 2.24) is 21.1 Å². The van der Waals surface area contributed by atoms with Crippen LogP contribution in [0, 0.1) is 13.8 Å². The molecule has 3 N–H and O–H groups in total. The number of para-hydroxylation sites is 1. The molecule has 0 radical (unpaired) electrons. The lowest BCUT2D eigenvalue weighted by atomic mass is 9.98. The van der Waals surface area contributed by atoms with E-state index in [2.05, 4.69) is 16.2 Å². The van der Waals surface area contributed by atoms with Crippen LogP contribution in [-0.4, -0.2) is 47.3 Å². The predicted molar refractivity (Wildman–Crippen MR) is 104 cm³/mol. The topological polar surface area (TPSA) is 117 Å². The Morgan fingerprint density at radius 3 is 2.38 bits per heavy atom. The molecule has 156 valence electrons. The highest BCUT2D eigenvalue weighted by Crippen LogP contribution is 2.35. The summed E-state index contributed by atoms with van der Waals surface area (Å²) in [7, 11) is 0. The summed E-state index contributed by atoms with van der Waals surface area (Å²) in [5, 5.41) is 2.76. The summed E-state index contributed by atoms with van der Waals surface area (Å²) in [4.78, 5) is 49.5. The van der Waals surface area contributed by atoms with Crippen LogP contribution in [0.15, 0.2) is 18.2 Å². The Labute approximate surface area is 169 Å². The Morgan fingerprint density at radius 2 is 1.72 bits per heavy atom. The van der Waals surface area contributed by atoms with Crippen molar-refractivity contribution in [3.63, 3.8) is 0 Å². The van der Waals surface area contributed by atoms with Gasteiger partial charge in [-0.2, -0.15) is 0 Å². The third-order valence-electron chi connectivity index (χ3n) is 5.36. The number of carbonyl (C=O) groups is 4. The van der Waals surface area contributed by atoms with Crippen LogP contribution in [0.2, 0.25) is 0 Å². The smallest absolute Gasteiger partial charge is 0.325 e. The van der Waals surface area contributed by atoms with E-state index in [0.29, 0.717) is 18.6 Å². The lowest BCUT2D eigenvalue weighted by Crippen LogP contribution is -2.46. The van der Waals surface area contributed by atoms with Crippen LogP contribution < -0.4 is 20.9 Å². The molecule has 0 atom stereocenters. The highest BCUT2D eigenvalue weighted by Gasteiger charge is 2.52. The van der Waals surface area contributed by atoms with Gasteiger partial charge in [0.1, 0.15) is 11.3 Å². The molecule has 1 saturated heterocycles. The molecule has 1 aliphatic heterocycles. The average Bonchev–Trinajstić information content (AvgIpc) is 3.23. The normalized spacial score (nSPS) is 17.4. The van der Waals surface area contributed by atoms with E-state index < -0.39 is 23.4 Å². The van der Waals surface area contributed by atoms with Gasteiger partial charge in [-0.3, -0.25) is 30.1 Å². The van der Waals surface area contributed by atoms with Crippen LogP contribution >= 0.6 is 0 Å². The van der Waals surface area contributed by atoms with Crippen molar-refractivity contribution < 1.29 is 23.9 Å². The van der Waals surface area contributed by atoms with Crippen molar-refractivity contribution in [2.24, 2.45) is 0 Å². The molecule has 1 aromatic rings. The minimum Gasteiger partial charge on any atom is -0.483 e. The molecule has 1 aliphatic carbocycles. The molecule has 1 aromatic carbocycles. The lowest BCUT2D eigenvalue weighted by Gasteiger charge is -2.19. The number of urea groups is 1. The molecule has 0 unspecified atom stereocenters. The monoisotopic (exact) mass is 402 g/mol. The standard InChI is InChI=1S/C20H26N4O5/c1-13-6-5-7-14(2)17(13)29-12-16(26)23-22-15(25)8-11-24-18(27)20(21-19(24)28)9-3-4-10-20/h5-7H,3-4,8-12H2,1-2H3,(H,21,28)(H,22,25)(H,23,26). The Kier molecular flexibility index (Phi) is 6.05. The summed E-state index contributed by atoms with van der Waals surface area (Å²) in [6, 6.07) is 5.20. The van der Waals surface area contributed by atoms with Gasteiger partial charge < -0.3 is 10.1 Å². The zero-order valence-electron chi connectivity index (χ0n) is 16.7. The van der Waals surface area contributed by atoms with Crippen molar-refractivity contribution in [2.75, 3.05) is 13.2 Å². The summed E-state index contributed by atoms with van der Waals surface area (Å²) in [5.74, 6) is -0.647. The molecule has 3 rings (SSSR count). The number of nitrogens with zero attached hydrogens (tertiary/aromatic N) is 1. The molecule has 5 amide bonds. The van der Waals surface area contributed by atoms with Gasteiger partial charge in [0.25, 0.3) is 11.8 Å². The van der Waals surface area contributed by atoms with E-state index in [9.17, 15) is 19.2 Å². The van der Waals surface area contributed by atoms with Crippen LogP contribution in [0.4, 0.5) is 4.79 Å². The second-order valence-corrected chi connectivity index (χ2v) is 7.53. The van der Waals surface area contributed by atoms with E-state index in [1.165, 1.54) is 0 Å². The molecule has 1 heterocycles. The number of ether oxygens (including phenoxy) is 1. The Bertz CT molecular complexity index is 812. The van der Waals surface area contributed by atoms with E-state index in [0.717, 1.165) is 28.9 Å². The van der Waals surface area contributed by atoms with Crippen LogP contribution in [0.1, 0.15) is 43.2 Å². The van der Waals surface area contributed by atoms with Gasteiger partial charge in [0, 0.05) is 13.0 Å². The molecule has 0 aromatic heterocycles. The van der Waals surface area contributed by atoms with Crippen molar-refractivity contribution >= 4 is 23.8 Å². The second-order valence-electron chi connectivity index (χ2n) is 7.53. The number of rotatable bonds is 6. The average molecular weight is 402 g/mol. The van der Waals surface area contributed by atoms with Crippen molar-refractivity contribution in [1.29, 1.82) is 0 Å². The van der Waals surface area contributed by atoms with Gasteiger partial charge in [-0.25, -0.2) is 4.79 Å². The zero-order valence-corrected chi connectivity index (χ0v) is 16.7. The Hall–Kier alpha value is -3.10. The van der Waals surface area contributed by atoms with E-state index >= 15 is 0 Å². The van der Waals surface area contributed by atoms with E-state index in [-0.39, 0.29) is 25.5 Å². The van der Waals surface area contributed by atoms with Gasteiger partial charge in [-0.05, 0) is 37.8 Å². The summed E-state index contributed by atoms with van der Waals surface area (Å²) in [6.07, 6.45) is 2.97. The minimum absolute atomic E-state index is 0.0347. The van der Waals surface area contributed by atoms with E-state index in [1.807, 2.05) is 32.0 Å². The molecule has 2 fully saturated rings. The number of aryl methyl sites for hydroxylation is 2.